The second kappa shape index (κ2) is 3.63. The Kier molecular flexibility index (Phi) is 3.64. The number of hydrogen-bond acceptors (Lipinski definition) is 1. The number of alkyl halides is 3. The Morgan fingerprint density at radius 2 is 1.82 bits per heavy atom. The van der Waals surface area contributed by atoms with Crippen LogP contribution in [0.2, 0.25) is 0 Å². The van der Waals surface area contributed by atoms with Gasteiger partial charge >= 0.3 is 6.18 Å². The summed E-state index contributed by atoms with van der Waals surface area (Å²) in [5, 5.41) is 0. The summed E-state index contributed by atoms with van der Waals surface area (Å²) in [7, 11) is 1.52. The Morgan fingerprint density at radius 1 is 1.36 bits per heavy atom. The van der Waals surface area contributed by atoms with E-state index in [-0.39, 0.29) is 18.4 Å². The molecule has 0 saturated heterocycles. The molecule has 0 amide bonds. The molecule has 0 atom stereocenters. The first-order chi connectivity index (χ1) is 4.49. The van der Waals surface area contributed by atoms with Gasteiger partial charge in [0.15, 0.2) is 0 Å². The van der Waals surface area contributed by atoms with E-state index in [1.807, 2.05) is 0 Å². The third kappa shape index (κ3) is 4.48. The highest BCUT2D eigenvalue weighted by atomic mass is 35.5. The van der Waals surface area contributed by atoms with E-state index in [1.165, 1.54) is 11.9 Å². The fourth-order valence-electron chi connectivity index (χ4n) is 0.927. The first-order valence-electron chi connectivity index (χ1n) is 3.26. The van der Waals surface area contributed by atoms with Gasteiger partial charge in [0.25, 0.3) is 0 Å². The largest absolute Gasteiger partial charge is 0.401 e. The SMILES string of the molecule is CN(CC(F)(F)F)C1CC1.Cl. The minimum Gasteiger partial charge on any atom is -0.295 e. The fraction of sp³-hybridized carbons (Fsp3) is 1.00. The van der Waals surface area contributed by atoms with Crippen LogP contribution in [-0.4, -0.2) is 30.7 Å². The first-order valence-corrected chi connectivity index (χ1v) is 3.26. The van der Waals surface area contributed by atoms with Gasteiger partial charge in [0.1, 0.15) is 0 Å². The average molecular weight is 190 g/mol. The smallest absolute Gasteiger partial charge is 0.295 e. The summed E-state index contributed by atoms with van der Waals surface area (Å²) in [6, 6.07) is 0.196. The van der Waals surface area contributed by atoms with Crippen LogP contribution >= 0.6 is 12.4 Å². The molecule has 1 aliphatic rings. The molecule has 11 heavy (non-hydrogen) atoms. The molecule has 1 rings (SSSR count). The van der Waals surface area contributed by atoms with Crippen molar-refractivity contribution < 1.29 is 13.2 Å². The Bertz CT molecular complexity index is 121. The molecule has 1 nitrogen and oxygen atoms in total. The first kappa shape index (κ1) is 11.0. The van der Waals surface area contributed by atoms with Crippen molar-refractivity contribution in [2.24, 2.45) is 0 Å². The number of halogens is 4. The van der Waals surface area contributed by atoms with Gasteiger partial charge in [-0.25, -0.2) is 0 Å². The molecule has 0 aromatic rings. The molecule has 0 aromatic heterocycles. The Morgan fingerprint density at radius 3 is 2.09 bits per heavy atom. The minimum atomic E-state index is -4.03. The van der Waals surface area contributed by atoms with E-state index in [0.717, 1.165) is 12.8 Å². The predicted octanol–water partition coefficient (Wildman–Crippen LogP) is 2.06. The number of hydrogen-bond donors (Lipinski definition) is 0. The van der Waals surface area contributed by atoms with E-state index < -0.39 is 12.7 Å². The van der Waals surface area contributed by atoms with E-state index in [4.69, 9.17) is 0 Å². The van der Waals surface area contributed by atoms with E-state index in [1.54, 1.807) is 0 Å². The molecule has 1 fully saturated rings. The molecule has 0 spiro atoms. The number of rotatable bonds is 2. The lowest BCUT2D eigenvalue weighted by Gasteiger charge is -2.17. The number of nitrogens with zero attached hydrogens (tertiary/aromatic N) is 1. The van der Waals surface area contributed by atoms with Gasteiger partial charge < -0.3 is 0 Å². The monoisotopic (exact) mass is 189 g/mol. The molecule has 0 N–H and O–H groups in total. The van der Waals surface area contributed by atoms with E-state index in [0.29, 0.717) is 0 Å². The zero-order chi connectivity index (χ0) is 7.78. The van der Waals surface area contributed by atoms with Gasteiger partial charge in [-0.15, -0.1) is 12.4 Å². The van der Waals surface area contributed by atoms with Crippen LogP contribution in [0.4, 0.5) is 13.2 Å². The van der Waals surface area contributed by atoms with Crippen LogP contribution in [0, 0.1) is 0 Å². The lowest BCUT2D eigenvalue weighted by molar-refractivity contribution is -0.144. The summed E-state index contributed by atoms with van der Waals surface area (Å²) in [4.78, 5) is 1.36. The highest BCUT2D eigenvalue weighted by molar-refractivity contribution is 5.85. The summed E-state index contributed by atoms with van der Waals surface area (Å²) in [5.74, 6) is 0. The van der Waals surface area contributed by atoms with Crippen molar-refractivity contribution in [1.82, 2.24) is 4.90 Å². The highest BCUT2D eigenvalue weighted by Gasteiger charge is 2.35. The van der Waals surface area contributed by atoms with Crippen molar-refractivity contribution in [2.75, 3.05) is 13.6 Å². The maximum Gasteiger partial charge on any atom is 0.401 e. The van der Waals surface area contributed by atoms with E-state index in [2.05, 4.69) is 0 Å². The van der Waals surface area contributed by atoms with Crippen LogP contribution in [-0.2, 0) is 0 Å². The van der Waals surface area contributed by atoms with Crippen LogP contribution in [0.25, 0.3) is 0 Å². The molecule has 1 aliphatic carbocycles. The average Bonchev–Trinajstić information content (AvgIpc) is 2.35. The molecule has 5 heteroatoms. The van der Waals surface area contributed by atoms with Crippen molar-refractivity contribution in [3.8, 4) is 0 Å². The van der Waals surface area contributed by atoms with Gasteiger partial charge in [-0.05, 0) is 19.9 Å². The van der Waals surface area contributed by atoms with Crippen molar-refractivity contribution >= 4 is 12.4 Å². The summed E-state index contributed by atoms with van der Waals surface area (Å²) >= 11 is 0. The molecule has 0 heterocycles. The van der Waals surface area contributed by atoms with Gasteiger partial charge in [-0.1, -0.05) is 0 Å². The van der Waals surface area contributed by atoms with Gasteiger partial charge in [0.05, 0.1) is 6.54 Å². The molecule has 1 saturated carbocycles. The fourth-order valence-corrected chi connectivity index (χ4v) is 0.927. The maximum absolute atomic E-state index is 11.7. The van der Waals surface area contributed by atoms with Gasteiger partial charge in [0.2, 0.25) is 0 Å². The second-order valence-electron chi connectivity index (χ2n) is 2.76. The zero-order valence-electron chi connectivity index (χ0n) is 6.19. The van der Waals surface area contributed by atoms with Crippen molar-refractivity contribution in [2.45, 2.75) is 25.1 Å². The Labute approximate surface area is 70.0 Å². The van der Waals surface area contributed by atoms with Crippen LogP contribution in [0.15, 0.2) is 0 Å². The summed E-state index contributed by atoms with van der Waals surface area (Å²) < 4.78 is 35.0. The quantitative estimate of drug-likeness (QED) is 0.643. The zero-order valence-corrected chi connectivity index (χ0v) is 7.00. The normalized spacial score (nSPS) is 18.3. The third-order valence-electron chi connectivity index (χ3n) is 1.60. The maximum atomic E-state index is 11.7. The Hall–Kier alpha value is 0.0400. The molecule has 68 valence electrons. The molecule has 0 unspecified atom stereocenters. The molecular weight excluding hydrogens is 179 g/mol. The highest BCUT2D eigenvalue weighted by Crippen LogP contribution is 2.28. The molecular formula is C6H11ClF3N. The second-order valence-corrected chi connectivity index (χ2v) is 2.76. The molecule has 0 aromatic carbocycles. The molecule has 0 radical (unpaired) electrons. The Balaban J connectivity index is 0.000001000. The lowest BCUT2D eigenvalue weighted by Crippen LogP contribution is -2.32. The van der Waals surface area contributed by atoms with Crippen LogP contribution in [0.3, 0.4) is 0 Å². The van der Waals surface area contributed by atoms with E-state index >= 15 is 0 Å². The van der Waals surface area contributed by atoms with Gasteiger partial charge in [-0.3, -0.25) is 4.90 Å². The van der Waals surface area contributed by atoms with E-state index in [9.17, 15) is 13.2 Å². The topological polar surface area (TPSA) is 3.24 Å². The van der Waals surface area contributed by atoms with Crippen LogP contribution in [0.5, 0.6) is 0 Å². The van der Waals surface area contributed by atoms with Crippen molar-refractivity contribution in [3.05, 3.63) is 0 Å². The summed E-state index contributed by atoms with van der Waals surface area (Å²) in [6.45, 7) is -0.766. The predicted molar refractivity (Wildman–Crippen MR) is 39.0 cm³/mol. The van der Waals surface area contributed by atoms with Crippen molar-refractivity contribution in [1.29, 1.82) is 0 Å². The van der Waals surface area contributed by atoms with Crippen molar-refractivity contribution in [3.63, 3.8) is 0 Å². The third-order valence-corrected chi connectivity index (χ3v) is 1.60. The summed E-state index contributed by atoms with van der Waals surface area (Å²) in [5.41, 5.74) is 0. The minimum absolute atomic E-state index is 0. The molecule has 0 aliphatic heterocycles. The lowest BCUT2D eigenvalue weighted by atomic mass is 10.5. The standard InChI is InChI=1S/C6H10F3N.ClH/c1-10(5-2-3-5)4-6(7,8)9;/h5H,2-4H2,1H3;1H. The van der Waals surface area contributed by atoms with Crippen LogP contribution < -0.4 is 0 Å². The summed E-state index contributed by atoms with van der Waals surface area (Å²) in [6.07, 6.45) is -2.18. The van der Waals surface area contributed by atoms with Gasteiger partial charge in [-0.2, -0.15) is 13.2 Å². The molecule has 0 bridgehead atoms. The van der Waals surface area contributed by atoms with Crippen LogP contribution in [0.1, 0.15) is 12.8 Å². The van der Waals surface area contributed by atoms with Gasteiger partial charge in [0, 0.05) is 6.04 Å².